The second-order valence-corrected chi connectivity index (χ2v) is 8.43. The van der Waals surface area contributed by atoms with Crippen LogP contribution in [0.4, 0.5) is 5.69 Å². The summed E-state index contributed by atoms with van der Waals surface area (Å²) >= 11 is 6.33. The standard InChI is InChI=1S/C23H26ClN5O2/c1-2-19-21(23(26)31)29-18(12-16(24)13-20(29)27-19)11-14-3-5-17(6-4-14)28-9-7-15(8-10-28)22(25)30/h3-6,12-13,15H,2,7-11H2,1H3,(H2,25,30)(H2,26,31). The summed E-state index contributed by atoms with van der Waals surface area (Å²) in [4.78, 5) is 30.3. The molecule has 3 heterocycles. The molecule has 1 saturated heterocycles. The van der Waals surface area contributed by atoms with Gasteiger partial charge in [-0.15, -0.1) is 0 Å². The molecule has 8 heteroatoms. The van der Waals surface area contributed by atoms with Crippen molar-refractivity contribution in [1.29, 1.82) is 0 Å². The fourth-order valence-corrected chi connectivity index (χ4v) is 4.57. The van der Waals surface area contributed by atoms with E-state index in [1.54, 1.807) is 6.07 Å². The monoisotopic (exact) mass is 439 g/mol. The van der Waals surface area contributed by atoms with Crippen LogP contribution in [-0.4, -0.2) is 34.3 Å². The predicted molar refractivity (Wildman–Crippen MR) is 121 cm³/mol. The number of piperidine rings is 1. The number of fused-ring (bicyclic) bond motifs is 1. The lowest BCUT2D eigenvalue weighted by molar-refractivity contribution is -0.122. The molecule has 162 valence electrons. The topological polar surface area (TPSA) is 107 Å². The number of imidazole rings is 1. The molecule has 3 aromatic rings. The number of pyridine rings is 1. The maximum Gasteiger partial charge on any atom is 0.267 e. The van der Waals surface area contributed by atoms with E-state index in [0.29, 0.717) is 34.9 Å². The van der Waals surface area contributed by atoms with Gasteiger partial charge < -0.3 is 16.4 Å². The van der Waals surface area contributed by atoms with Gasteiger partial charge in [-0.3, -0.25) is 14.0 Å². The first kappa shape index (κ1) is 21.2. The second kappa shape index (κ2) is 8.59. The normalized spacial score (nSPS) is 14.8. The summed E-state index contributed by atoms with van der Waals surface area (Å²) in [6.45, 7) is 3.58. The van der Waals surface area contributed by atoms with Gasteiger partial charge in [0, 0.05) is 47.9 Å². The number of anilines is 1. The smallest absolute Gasteiger partial charge is 0.267 e. The fourth-order valence-electron chi connectivity index (χ4n) is 4.35. The molecule has 0 bridgehead atoms. The van der Waals surface area contributed by atoms with Gasteiger partial charge in [0.1, 0.15) is 11.3 Å². The third-order valence-corrected chi connectivity index (χ3v) is 6.20. The molecule has 4 rings (SSSR count). The lowest BCUT2D eigenvalue weighted by Crippen LogP contribution is -2.38. The fraction of sp³-hybridized carbons (Fsp3) is 0.348. The number of hydrogen-bond acceptors (Lipinski definition) is 4. The highest BCUT2D eigenvalue weighted by molar-refractivity contribution is 6.31. The number of carbonyl (C=O) groups is 2. The number of amides is 2. The highest BCUT2D eigenvalue weighted by Gasteiger charge is 2.23. The second-order valence-electron chi connectivity index (χ2n) is 7.99. The molecular formula is C23H26ClN5O2. The molecule has 1 aliphatic heterocycles. The van der Waals surface area contributed by atoms with Crippen LogP contribution < -0.4 is 16.4 Å². The number of rotatable bonds is 6. The van der Waals surface area contributed by atoms with Gasteiger partial charge in [-0.05, 0) is 43.0 Å². The van der Waals surface area contributed by atoms with Crippen LogP contribution in [0.2, 0.25) is 5.02 Å². The summed E-state index contributed by atoms with van der Waals surface area (Å²) in [5, 5.41) is 0.570. The molecule has 0 radical (unpaired) electrons. The molecule has 1 aromatic carbocycles. The molecule has 0 spiro atoms. The summed E-state index contributed by atoms with van der Waals surface area (Å²) in [5.74, 6) is -0.727. The minimum absolute atomic E-state index is 0.0246. The van der Waals surface area contributed by atoms with Gasteiger partial charge in [-0.2, -0.15) is 0 Å². The maximum atomic E-state index is 12.1. The maximum absolute atomic E-state index is 12.1. The summed E-state index contributed by atoms with van der Waals surface area (Å²) in [6, 6.07) is 11.9. The SMILES string of the molecule is CCc1nc2cc(Cl)cc(Cc3ccc(N4CCC(C(N)=O)CC4)cc3)n2c1C(N)=O. The molecule has 0 unspecified atom stereocenters. The molecular weight excluding hydrogens is 414 g/mol. The number of nitrogens with zero attached hydrogens (tertiary/aromatic N) is 3. The van der Waals surface area contributed by atoms with Crippen molar-refractivity contribution in [2.45, 2.75) is 32.6 Å². The summed E-state index contributed by atoms with van der Waals surface area (Å²) in [6.07, 6.45) is 2.76. The van der Waals surface area contributed by atoms with Crippen molar-refractivity contribution in [3.63, 3.8) is 0 Å². The Morgan fingerprint density at radius 3 is 2.39 bits per heavy atom. The van der Waals surface area contributed by atoms with Crippen molar-refractivity contribution in [2.24, 2.45) is 17.4 Å². The molecule has 4 N–H and O–H groups in total. The van der Waals surface area contributed by atoms with E-state index in [-0.39, 0.29) is 11.8 Å². The quantitative estimate of drug-likeness (QED) is 0.615. The van der Waals surface area contributed by atoms with Crippen LogP contribution in [0, 0.1) is 5.92 Å². The van der Waals surface area contributed by atoms with Crippen LogP contribution in [0.3, 0.4) is 0 Å². The number of aromatic nitrogens is 2. The van der Waals surface area contributed by atoms with Gasteiger partial charge in [0.25, 0.3) is 5.91 Å². The van der Waals surface area contributed by atoms with Crippen LogP contribution in [-0.2, 0) is 17.6 Å². The first-order valence-corrected chi connectivity index (χ1v) is 10.9. The first-order chi connectivity index (χ1) is 14.9. The van der Waals surface area contributed by atoms with E-state index >= 15 is 0 Å². The molecule has 1 aliphatic rings. The minimum Gasteiger partial charge on any atom is -0.371 e. The molecule has 1 fully saturated rings. The largest absolute Gasteiger partial charge is 0.371 e. The molecule has 7 nitrogen and oxygen atoms in total. The number of primary amides is 2. The van der Waals surface area contributed by atoms with Gasteiger partial charge in [-0.1, -0.05) is 30.7 Å². The minimum atomic E-state index is -0.498. The zero-order chi connectivity index (χ0) is 22.1. The molecule has 2 aromatic heterocycles. The third-order valence-electron chi connectivity index (χ3n) is 5.99. The first-order valence-electron chi connectivity index (χ1n) is 10.5. The van der Waals surface area contributed by atoms with E-state index in [4.69, 9.17) is 23.1 Å². The van der Waals surface area contributed by atoms with Crippen molar-refractivity contribution in [1.82, 2.24) is 9.38 Å². The Hall–Kier alpha value is -3.06. The van der Waals surface area contributed by atoms with E-state index in [2.05, 4.69) is 34.1 Å². The van der Waals surface area contributed by atoms with E-state index in [9.17, 15) is 9.59 Å². The summed E-state index contributed by atoms with van der Waals surface area (Å²) < 4.78 is 1.82. The number of aryl methyl sites for hydroxylation is 1. The van der Waals surface area contributed by atoms with E-state index in [1.165, 1.54) is 0 Å². The Balaban J connectivity index is 1.59. The van der Waals surface area contributed by atoms with Crippen LogP contribution in [0.5, 0.6) is 0 Å². The van der Waals surface area contributed by atoms with Crippen LogP contribution >= 0.6 is 11.6 Å². The van der Waals surface area contributed by atoms with Gasteiger partial charge >= 0.3 is 0 Å². The number of benzene rings is 1. The van der Waals surface area contributed by atoms with Crippen LogP contribution in [0.1, 0.15) is 47.2 Å². The average molecular weight is 440 g/mol. The molecule has 0 saturated carbocycles. The average Bonchev–Trinajstić information content (AvgIpc) is 3.13. The highest BCUT2D eigenvalue weighted by atomic mass is 35.5. The Bertz CT molecular complexity index is 1130. The van der Waals surface area contributed by atoms with Crippen LogP contribution in [0.25, 0.3) is 5.65 Å². The summed E-state index contributed by atoms with van der Waals surface area (Å²) in [5.41, 5.74) is 15.9. The Morgan fingerprint density at radius 2 is 1.81 bits per heavy atom. The third kappa shape index (κ3) is 4.23. The van der Waals surface area contributed by atoms with E-state index in [1.807, 2.05) is 17.4 Å². The molecule has 0 atom stereocenters. The van der Waals surface area contributed by atoms with Gasteiger partial charge in [0.15, 0.2) is 0 Å². The number of halogens is 1. The van der Waals surface area contributed by atoms with Crippen molar-refractivity contribution in [2.75, 3.05) is 18.0 Å². The highest BCUT2D eigenvalue weighted by Crippen LogP contribution is 2.26. The van der Waals surface area contributed by atoms with Gasteiger partial charge in [-0.25, -0.2) is 4.98 Å². The van der Waals surface area contributed by atoms with Gasteiger partial charge in [0.05, 0.1) is 5.69 Å². The zero-order valence-corrected chi connectivity index (χ0v) is 18.2. The van der Waals surface area contributed by atoms with Crippen molar-refractivity contribution < 1.29 is 9.59 Å². The number of carbonyl (C=O) groups excluding carboxylic acids is 2. The molecule has 2 amide bonds. The van der Waals surface area contributed by atoms with Crippen LogP contribution in [0.15, 0.2) is 36.4 Å². The van der Waals surface area contributed by atoms with Crippen molar-refractivity contribution in [3.8, 4) is 0 Å². The Kier molecular flexibility index (Phi) is 5.87. The van der Waals surface area contributed by atoms with E-state index in [0.717, 1.165) is 42.9 Å². The summed E-state index contributed by atoms with van der Waals surface area (Å²) in [7, 11) is 0. The van der Waals surface area contributed by atoms with Gasteiger partial charge in [0.2, 0.25) is 5.91 Å². The Labute approximate surface area is 186 Å². The molecule has 31 heavy (non-hydrogen) atoms. The predicted octanol–water partition coefficient (Wildman–Crippen LogP) is 2.94. The zero-order valence-electron chi connectivity index (χ0n) is 17.5. The lowest BCUT2D eigenvalue weighted by atomic mass is 9.96. The number of hydrogen-bond donors (Lipinski definition) is 2. The Morgan fingerprint density at radius 1 is 1.13 bits per heavy atom. The van der Waals surface area contributed by atoms with Crippen molar-refractivity contribution in [3.05, 3.63) is 64.1 Å². The van der Waals surface area contributed by atoms with Crippen molar-refractivity contribution >= 4 is 34.7 Å². The van der Waals surface area contributed by atoms with E-state index < -0.39 is 5.91 Å². The number of nitrogens with two attached hydrogens (primary N) is 2. The molecule has 0 aliphatic carbocycles. The lowest BCUT2D eigenvalue weighted by Gasteiger charge is -2.32.